The number of carbonyl (C=O) groups is 1. The number of rotatable bonds is 2. The summed E-state index contributed by atoms with van der Waals surface area (Å²) in [6.45, 7) is 3.87. The molecule has 1 aliphatic rings. The Morgan fingerprint density at radius 2 is 2.16 bits per heavy atom. The summed E-state index contributed by atoms with van der Waals surface area (Å²) in [5.41, 5.74) is 3.94. The third kappa shape index (κ3) is 2.25. The Hall–Kier alpha value is -1.77. The highest BCUT2D eigenvalue weighted by Gasteiger charge is 2.23. The molecule has 3 nitrogen and oxygen atoms in total. The van der Waals surface area contributed by atoms with Crippen molar-refractivity contribution in [2.75, 3.05) is 0 Å². The van der Waals surface area contributed by atoms with Crippen LogP contribution >= 0.6 is 0 Å². The highest BCUT2D eigenvalue weighted by molar-refractivity contribution is 5.85. The van der Waals surface area contributed by atoms with Crippen LogP contribution in [0.15, 0.2) is 24.3 Å². The lowest BCUT2D eigenvalue weighted by molar-refractivity contribution is -0.124. The van der Waals surface area contributed by atoms with Crippen LogP contribution in [-0.2, 0) is 17.6 Å². The second-order valence-corrected chi connectivity index (χ2v) is 5.73. The number of benzene rings is 1. The number of hydrogen-bond donors (Lipinski definition) is 2. The Kier molecular flexibility index (Phi) is 3.05. The van der Waals surface area contributed by atoms with Crippen LogP contribution in [0.1, 0.15) is 31.5 Å². The number of para-hydroxylation sites is 1. The van der Waals surface area contributed by atoms with E-state index in [2.05, 4.69) is 34.6 Å². The zero-order valence-electron chi connectivity index (χ0n) is 11.5. The predicted molar refractivity (Wildman–Crippen MR) is 77.1 cm³/mol. The molecule has 1 aromatic carbocycles. The molecule has 0 bridgehead atoms. The minimum Gasteiger partial charge on any atom is -0.358 e. The van der Waals surface area contributed by atoms with Gasteiger partial charge in [0.15, 0.2) is 0 Å². The minimum atomic E-state index is 0.0594. The van der Waals surface area contributed by atoms with E-state index in [0.29, 0.717) is 0 Å². The van der Waals surface area contributed by atoms with E-state index in [1.807, 2.05) is 13.8 Å². The summed E-state index contributed by atoms with van der Waals surface area (Å²) in [4.78, 5) is 15.3. The molecule has 2 aromatic rings. The zero-order chi connectivity index (χ0) is 13.4. The smallest absolute Gasteiger partial charge is 0.222 e. The number of carbonyl (C=O) groups excluding carboxylic acids is 1. The monoisotopic (exact) mass is 256 g/mol. The van der Waals surface area contributed by atoms with E-state index in [9.17, 15) is 4.79 Å². The molecule has 1 atom stereocenters. The van der Waals surface area contributed by atoms with Crippen molar-refractivity contribution < 1.29 is 4.79 Å². The molecule has 0 saturated heterocycles. The Morgan fingerprint density at radius 1 is 1.37 bits per heavy atom. The lowest BCUT2D eigenvalue weighted by atomic mass is 9.91. The Labute approximate surface area is 113 Å². The second kappa shape index (κ2) is 4.72. The van der Waals surface area contributed by atoms with Gasteiger partial charge >= 0.3 is 0 Å². The molecule has 0 radical (unpaired) electrons. The van der Waals surface area contributed by atoms with Gasteiger partial charge in [-0.1, -0.05) is 32.0 Å². The van der Waals surface area contributed by atoms with Crippen molar-refractivity contribution in [2.45, 2.75) is 39.2 Å². The third-order valence-electron chi connectivity index (χ3n) is 3.97. The van der Waals surface area contributed by atoms with Gasteiger partial charge in [0.25, 0.3) is 0 Å². The van der Waals surface area contributed by atoms with Crippen molar-refractivity contribution >= 4 is 16.8 Å². The first-order valence-corrected chi connectivity index (χ1v) is 7.04. The number of H-pyrrole nitrogens is 1. The van der Waals surface area contributed by atoms with Crippen molar-refractivity contribution in [3.8, 4) is 0 Å². The summed E-state index contributed by atoms with van der Waals surface area (Å²) in [7, 11) is 0. The maximum atomic E-state index is 11.8. The average Bonchev–Trinajstić information content (AvgIpc) is 2.76. The summed E-state index contributed by atoms with van der Waals surface area (Å²) in [6, 6.07) is 8.72. The number of aryl methyl sites for hydroxylation is 1. The van der Waals surface area contributed by atoms with Gasteiger partial charge in [-0.15, -0.1) is 0 Å². The normalized spacial score (nSPS) is 18.6. The van der Waals surface area contributed by atoms with Crippen LogP contribution in [0.3, 0.4) is 0 Å². The van der Waals surface area contributed by atoms with Gasteiger partial charge in [0.2, 0.25) is 5.91 Å². The Morgan fingerprint density at radius 3 is 2.95 bits per heavy atom. The van der Waals surface area contributed by atoms with Crippen molar-refractivity contribution in [3.05, 3.63) is 35.5 Å². The van der Waals surface area contributed by atoms with E-state index in [-0.39, 0.29) is 17.9 Å². The number of aromatic nitrogens is 1. The number of hydrogen-bond acceptors (Lipinski definition) is 1. The summed E-state index contributed by atoms with van der Waals surface area (Å²) >= 11 is 0. The van der Waals surface area contributed by atoms with Gasteiger partial charge in [0, 0.05) is 35.0 Å². The zero-order valence-corrected chi connectivity index (χ0v) is 11.5. The lowest BCUT2D eigenvalue weighted by Gasteiger charge is -2.24. The van der Waals surface area contributed by atoms with Crippen LogP contribution in [-0.4, -0.2) is 16.9 Å². The fourth-order valence-electron chi connectivity index (χ4n) is 2.87. The van der Waals surface area contributed by atoms with Crippen molar-refractivity contribution in [1.82, 2.24) is 10.3 Å². The van der Waals surface area contributed by atoms with Crippen LogP contribution in [0.4, 0.5) is 0 Å². The molecule has 0 spiro atoms. The lowest BCUT2D eigenvalue weighted by Crippen LogP contribution is -2.40. The highest BCUT2D eigenvalue weighted by Crippen LogP contribution is 2.29. The Balaban J connectivity index is 1.82. The van der Waals surface area contributed by atoms with Crippen molar-refractivity contribution in [2.24, 2.45) is 5.92 Å². The predicted octanol–water partition coefficient (Wildman–Crippen LogP) is 2.80. The fraction of sp³-hybridized carbons (Fsp3) is 0.438. The Bertz CT molecular complexity index is 612. The average molecular weight is 256 g/mol. The van der Waals surface area contributed by atoms with E-state index in [1.165, 1.54) is 22.2 Å². The van der Waals surface area contributed by atoms with Gasteiger partial charge in [0.05, 0.1) is 0 Å². The third-order valence-corrected chi connectivity index (χ3v) is 3.97. The standard InChI is InChI=1S/C16H20N2O/c1-10(2)16(19)17-11-7-8-13-12-5-3-4-6-14(12)18-15(13)9-11/h3-6,10-11,18H,7-9H2,1-2H3,(H,17,19). The molecule has 100 valence electrons. The molecule has 2 N–H and O–H groups in total. The molecule has 3 heteroatoms. The van der Waals surface area contributed by atoms with E-state index >= 15 is 0 Å². The highest BCUT2D eigenvalue weighted by atomic mass is 16.1. The SMILES string of the molecule is CC(C)C(=O)NC1CCc2c([nH]c3ccccc23)C1. The van der Waals surface area contributed by atoms with Gasteiger partial charge in [0.1, 0.15) is 0 Å². The first-order valence-electron chi connectivity index (χ1n) is 7.04. The van der Waals surface area contributed by atoms with Crippen LogP contribution < -0.4 is 5.32 Å². The van der Waals surface area contributed by atoms with E-state index in [1.54, 1.807) is 0 Å². The maximum Gasteiger partial charge on any atom is 0.222 e. The molecule has 1 heterocycles. The summed E-state index contributed by atoms with van der Waals surface area (Å²) in [6.07, 6.45) is 3.00. The molecule has 1 aliphatic carbocycles. The number of amides is 1. The van der Waals surface area contributed by atoms with E-state index < -0.39 is 0 Å². The van der Waals surface area contributed by atoms with Crippen molar-refractivity contribution in [1.29, 1.82) is 0 Å². The first kappa shape index (κ1) is 12.3. The summed E-state index contributed by atoms with van der Waals surface area (Å²) < 4.78 is 0. The van der Waals surface area contributed by atoms with Crippen LogP contribution in [0, 0.1) is 5.92 Å². The van der Waals surface area contributed by atoms with Gasteiger partial charge in [-0.2, -0.15) is 0 Å². The number of fused-ring (bicyclic) bond motifs is 3. The molecule has 3 rings (SSSR count). The summed E-state index contributed by atoms with van der Waals surface area (Å²) in [5.74, 6) is 0.216. The fourth-order valence-corrected chi connectivity index (χ4v) is 2.87. The second-order valence-electron chi connectivity index (χ2n) is 5.73. The van der Waals surface area contributed by atoms with Gasteiger partial charge in [-0.3, -0.25) is 4.79 Å². The van der Waals surface area contributed by atoms with Crippen LogP contribution in [0.2, 0.25) is 0 Å². The first-order chi connectivity index (χ1) is 9.15. The molecule has 0 saturated carbocycles. The van der Waals surface area contributed by atoms with Gasteiger partial charge < -0.3 is 10.3 Å². The quantitative estimate of drug-likeness (QED) is 0.852. The van der Waals surface area contributed by atoms with E-state index in [4.69, 9.17) is 0 Å². The van der Waals surface area contributed by atoms with Gasteiger partial charge in [-0.05, 0) is 24.5 Å². The largest absolute Gasteiger partial charge is 0.358 e. The molecular formula is C16H20N2O. The molecule has 1 amide bonds. The molecule has 0 aliphatic heterocycles. The number of nitrogens with one attached hydrogen (secondary N) is 2. The minimum absolute atomic E-state index is 0.0594. The van der Waals surface area contributed by atoms with Crippen LogP contribution in [0.25, 0.3) is 10.9 Å². The van der Waals surface area contributed by atoms with E-state index in [0.717, 1.165) is 19.3 Å². The number of aromatic amines is 1. The molecule has 1 unspecified atom stereocenters. The van der Waals surface area contributed by atoms with Crippen molar-refractivity contribution in [3.63, 3.8) is 0 Å². The maximum absolute atomic E-state index is 11.8. The van der Waals surface area contributed by atoms with Crippen LogP contribution in [0.5, 0.6) is 0 Å². The molecule has 0 fully saturated rings. The molecule has 1 aromatic heterocycles. The molecular weight excluding hydrogens is 236 g/mol. The van der Waals surface area contributed by atoms with Gasteiger partial charge in [-0.25, -0.2) is 0 Å². The topological polar surface area (TPSA) is 44.9 Å². The molecule has 19 heavy (non-hydrogen) atoms. The summed E-state index contributed by atoms with van der Waals surface area (Å²) in [5, 5.41) is 4.48.